The van der Waals surface area contributed by atoms with Crippen LogP contribution in [0, 0.1) is 23.7 Å². The zero-order valence-electron chi connectivity index (χ0n) is 45.9. The van der Waals surface area contributed by atoms with Crippen molar-refractivity contribution in [2.75, 3.05) is 28.2 Å². The molecule has 0 aliphatic carbocycles. The number of hydrogen-bond acceptors (Lipinski definition) is 13. The number of nitrogens with zero attached hydrogens (tertiary/aromatic N) is 6. The molecule has 1 aromatic heterocycles. The fourth-order valence-electron chi connectivity index (χ4n) is 8.88. The fraction of sp³-hybridized carbons (Fsp3) is 0.589. The van der Waals surface area contributed by atoms with Crippen LogP contribution in [-0.2, 0) is 76.7 Å². The molecule has 0 N–H and O–H groups in total. The highest BCUT2D eigenvalue weighted by atomic mass is 16.6. The summed E-state index contributed by atoms with van der Waals surface area (Å²) in [4.78, 5) is 121. The molecular weight excluding hydrogens is 949 g/mol. The van der Waals surface area contributed by atoms with Crippen molar-refractivity contribution < 1.29 is 57.3 Å². The van der Waals surface area contributed by atoms with Crippen LogP contribution in [0.4, 0.5) is 0 Å². The minimum Gasteiger partial charge on any atom is -0.451 e. The van der Waals surface area contributed by atoms with Gasteiger partial charge in [0.25, 0.3) is 23.6 Å². The predicted molar refractivity (Wildman–Crippen MR) is 277 cm³/mol. The van der Waals surface area contributed by atoms with Crippen LogP contribution in [0.1, 0.15) is 112 Å². The summed E-state index contributed by atoms with van der Waals surface area (Å²) in [6, 6.07) is 13.0. The molecule has 2 aromatic carbocycles. The van der Waals surface area contributed by atoms with Crippen LogP contribution < -0.4 is 0 Å². The Morgan fingerprint density at radius 3 is 1.09 bits per heavy atom. The van der Waals surface area contributed by atoms with Gasteiger partial charge in [-0.1, -0.05) is 110 Å². The number of benzene rings is 2. The summed E-state index contributed by atoms with van der Waals surface area (Å²) in [6.07, 6.45) is -2.24. The molecule has 3 aromatic rings. The second-order valence-electron chi connectivity index (χ2n) is 21.3. The molecule has 2 heterocycles. The molecule has 18 heteroatoms. The predicted octanol–water partition coefficient (Wildman–Crippen LogP) is 5.91. The first-order valence-corrected chi connectivity index (χ1v) is 25.8. The summed E-state index contributed by atoms with van der Waals surface area (Å²) in [7, 11) is 5.57. The third-order valence-corrected chi connectivity index (χ3v) is 13.1. The second-order valence-corrected chi connectivity index (χ2v) is 21.3. The van der Waals surface area contributed by atoms with Gasteiger partial charge in [0, 0.05) is 53.4 Å². The van der Waals surface area contributed by atoms with E-state index in [4.69, 9.17) is 18.9 Å². The topological polar surface area (TPSA) is 204 Å². The van der Waals surface area contributed by atoms with Gasteiger partial charge in [-0.05, 0) is 86.0 Å². The van der Waals surface area contributed by atoms with Crippen molar-refractivity contribution in [1.29, 1.82) is 0 Å². The summed E-state index contributed by atoms with van der Waals surface area (Å²) in [5.74, 6) is -7.27. The van der Waals surface area contributed by atoms with Crippen molar-refractivity contribution in [1.82, 2.24) is 29.4 Å². The molecule has 1 saturated heterocycles. The number of aromatic nitrogens is 2. The van der Waals surface area contributed by atoms with Crippen molar-refractivity contribution >= 4 is 47.5 Å². The molecule has 4 rings (SSSR count). The van der Waals surface area contributed by atoms with Crippen molar-refractivity contribution in [2.45, 2.75) is 163 Å². The Balaban J connectivity index is 1.85. The van der Waals surface area contributed by atoms with Gasteiger partial charge in [-0.3, -0.25) is 23.9 Å². The van der Waals surface area contributed by atoms with Crippen LogP contribution >= 0.6 is 0 Å². The molecule has 0 saturated carbocycles. The van der Waals surface area contributed by atoms with Gasteiger partial charge in [0.2, 0.25) is 0 Å². The SMILES string of the molecule is CC(C)CC1C(=O)O[C@H](Cc2ccccc2)C(=O)N(C)[C@@H](CC(C)C)C(=O)O[C@H](C)C(=O)N(C)[C@@H](CC(C)C)C(=O)O[C@H](Cc2ccc(Cn3cccn3)cc2)C(=O)N(C)[C@@H](CC(C)C)C(=O)O[C@H](C)C(=O)N1C. The average molecular weight is 1030 g/mol. The fourth-order valence-corrected chi connectivity index (χ4v) is 8.88. The maximum Gasteiger partial charge on any atom is 0.329 e. The van der Waals surface area contributed by atoms with Gasteiger partial charge in [-0.15, -0.1) is 0 Å². The van der Waals surface area contributed by atoms with E-state index >= 15 is 0 Å². The number of hydrogen-bond donors (Lipinski definition) is 0. The summed E-state index contributed by atoms with van der Waals surface area (Å²) in [5.41, 5.74) is 2.19. The minimum absolute atomic E-state index is 0.0876. The lowest BCUT2D eigenvalue weighted by Crippen LogP contribution is -2.55. The van der Waals surface area contributed by atoms with E-state index in [1.165, 1.54) is 42.0 Å². The van der Waals surface area contributed by atoms with E-state index in [1.807, 2.05) is 79.8 Å². The molecule has 0 radical (unpaired) electrons. The number of rotatable bonds is 14. The smallest absolute Gasteiger partial charge is 0.329 e. The van der Waals surface area contributed by atoms with Gasteiger partial charge < -0.3 is 38.5 Å². The zero-order valence-corrected chi connectivity index (χ0v) is 45.9. The number of amides is 4. The number of cyclic esters (lactones) is 4. The maximum absolute atomic E-state index is 14.9. The Hall–Kier alpha value is -6.59. The molecule has 0 bridgehead atoms. The lowest BCUT2D eigenvalue weighted by Gasteiger charge is -2.35. The molecule has 406 valence electrons. The van der Waals surface area contributed by atoms with Crippen LogP contribution in [0.2, 0.25) is 0 Å². The van der Waals surface area contributed by atoms with E-state index in [9.17, 15) is 38.4 Å². The molecule has 8 atom stereocenters. The summed E-state index contributed by atoms with van der Waals surface area (Å²) < 4.78 is 25.7. The van der Waals surface area contributed by atoms with Crippen LogP contribution in [0.5, 0.6) is 0 Å². The molecule has 1 aliphatic heterocycles. The summed E-state index contributed by atoms with van der Waals surface area (Å²) in [6.45, 7) is 18.0. The van der Waals surface area contributed by atoms with E-state index in [0.717, 1.165) is 25.2 Å². The number of esters is 4. The van der Waals surface area contributed by atoms with Crippen molar-refractivity contribution in [3.8, 4) is 0 Å². The van der Waals surface area contributed by atoms with Crippen molar-refractivity contribution in [3.63, 3.8) is 0 Å². The highest BCUT2D eigenvalue weighted by Gasteiger charge is 2.43. The largest absolute Gasteiger partial charge is 0.451 e. The average Bonchev–Trinajstić information content (AvgIpc) is 3.86. The number of carbonyl (C=O) groups excluding carboxylic acids is 8. The number of ether oxygens (including phenoxy) is 4. The first-order chi connectivity index (χ1) is 34.8. The van der Waals surface area contributed by atoms with Crippen molar-refractivity contribution in [2.24, 2.45) is 23.7 Å². The second kappa shape index (κ2) is 27.6. The quantitative estimate of drug-likeness (QED) is 0.136. The van der Waals surface area contributed by atoms with Crippen LogP contribution in [0.15, 0.2) is 73.1 Å². The highest BCUT2D eigenvalue weighted by Crippen LogP contribution is 2.24. The van der Waals surface area contributed by atoms with E-state index in [1.54, 1.807) is 53.3 Å². The Labute approximate surface area is 437 Å². The lowest BCUT2D eigenvalue weighted by molar-refractivity contribution is -0.176. The third-order valence-electron chi connectivity index (χ3n) is 13.1. The molecule has 1 unspecified atom stereocenters. The van der Waals surface area contributed by atoms with Crippen LogP contribution in [-0.4, -0.2) is 154 Å². The van der Waals surface area contributed by atoms with Gasteiger partial charge in [-0.25, -0.2) is 19.2 Å². The third kappa shape index (κ3) is 17.0. The first-order valence-electron chi connectivity index (χ1n) is 25.8. The Morgan fingerprint density at radius 2 is 0.757 bits per heavy atom. The summed E-state index contributed by atoms with van der Waals surface area (Å²) >= 11 is 0. The molecular formula is C56H80N6O12. The Bertz CT molecular complexity index is 2340. The van der Waals surface area contributed by atoms with Gasteiger partial charge in [0.05, 0.1) is 6.54 Å². The van der Waals surface area contributed by atoms with Crippen LogP contribution in [0.25, 0.3) is 0 Å². The highest BCUT2D eigenvalue weighted by molar-refractivity contribution is 5.94. The monoisotopic (exact) mass is 1030 g/mol. The first kappa shape index (κ1) is 60.0. The lowest BCUT2D eigenvalue weighted by atomic mass is 9.99. The summed E-state index contributed by atoms with van der Waals surface area (Å²) in [5, 5.41) is 4.27. The van der Waals surface area contributed by atoms with Gasteiger partial charge in [0.15, 0.2) is 24.4 Å². The van der Waals surface area contributed by atoms with Gasteiger partial charge in [-0.2, -0.15) is 5.10 Å². The maximum atomic E-state index is 14.9. The molecule has 1 aliphatic rings. The Morgan fingerprint density at radius 1 is 0.432 bits per heavy atom. The molecule has 4 amide bonds. The molecule has 1 fully saturated rings. The normalized spacial score (nSPS) is 24.1. The Kier molecular flexibility index (Phi) is 22.4. The van der Waals surface area contributed by atoms with Crippen LogP contribution in [0.3, 0.4) is 0 Å². The van der Waals surface area contributed by atoms with E-state index in [-0.39, 0.29) is 62.2 Å². The van der Waals surface area contributed by atoms with Gasteiger partial charge in [0.1, 0.15) is 24.2 Å². The van der Waals surface area contributed by atoms with E-state index in [2.05, 4.69) is 5.10 Å². The van der Waals surface area contributed by atoms with E-state index in [0.29, 0.717) is 17.7 Å². The molecule has 18 nitrogen and oxygen atoms in total. The van der Waals surface area contributed by atoms with E-state index < -0.39 is 96.1 Å². The standard InChI is InChI=1S/C56H80N6O12/c1-34(2)27-43-53(67)71-39(10)50(64)59(12)46(30-37(7)8)56(70)74-48(32-41-21-23-42(24-22-41)33-62-26-18-25-57-62)52(66)61(14)44(28-35(3)4)54(68)72-38(9)49(63)58(11)45(29-36(5)6)55(69)73-47(51(65)60(43)13)31-40-19-16-15-17-20-40/h15-26,34-39,43-48H,27-33H2,1-14H3/t38-,39-,43+,44+,45?,46+,47-,48-/m1/s1. The minimum atomic E-state index is -1.52. The molecule has 74 heavy (non-hydrogen) atoms. The molecule has 0 spiro atoms. The van der Waals surface area contributed by atoms with Crippen molar-refractivity contribution in [3.05, 3.63) is 89.7 Å². The zero-order chi connectivity index (χ0) is 55.1. The van der Waals surface area contributed by atoms with Gasteiger partial charge >= 0.3 is 23.9 Å². The number of carbonyl (C=O) groups is 8. The number of likely N-dealkylation sites (N-methyl/N-ethyl adjacent to an activating group) is 4.